The van der Waals surface area contributed by atoms with Gasteiger partial charge in [0.05, 0.1) is 13.1 Å². The number of nitrogens with zero attached hydrogens (tertiary/aromatic N) is 2. The fraction of sp³-hybridized carbons (Fsp3) is 0.286. The van der Waals surface area contributed by atoms with Gasteiger partial charge in [-0.3, -0.25) is 9.69 Å². The highest BCUT2D eigenvalue weighted by atomic mass is 35.5. The Morgan fingerprint density at radius 2 is 2.15 bits per heavy atom. The third-order valence-corrected chi connectivity index (χ3v) is 3.45. The molecule has 2 heterocycles. The summed E-state index contributed by atoms with van der Waals surface area (Å²) in [7, 11) is 0. The van der Waals surface area contributed by atoms with Gasteiger partial charge in [-0.25, -0.2) is 0 Å². The topological polar surface area (TPSA) is 58.4 Å². The lowest BCUT2D eigenvalue weighted by molar-refractivity contribution is -0.124. The fourth-order valence-electron chi connectivity index (χ4n) is 2.19. The van der Waals surface area contributed by atoms with Crippen LogP contribution in [0.1, 0.15) is 5.76 Å². The average molecular weight is 292 g/mol. The van der Waals surface area contributed by atoms with Crippen LogP contribution in [0.2, 0.25) is 5.02 Å². The maximum Gasteiger partial charge on any atom is 0.234 e. The van der Waals surface area contributed by atoms with Crippen LogP contribution in [0.4, 0.5) is 0 Å². The highest BCUT2D eigenvalue weighted by Crippen LogP contribution is 2.21. The van der Waals surface area contributed by atoms with Gasteiger partial charge in [0, 0.05) is 29.7 Å². The molecule has 6 heteroatoms. The van der Waals surface area contributed by atoms with Gasteiger partial charge in [-0.15, -0.1) is 0 Å². The van der Waals surface area contributed by atoms with Gasteiger partial charge in [0.15, 0.2) is 5.76 Å². The van der Waals surface area contributed by atoms with Crippen molar-refractivity contribution in [3.8, 4) is 11.3 Å². The first-order valence-corrected chi connectivity index (χ1v) is 6.79. The summed E-state index contributed by atoms with van der Waals surface area (Å²) in [5, 5.41) is 7.54. The maximum absolute atomic E-state index is 11.3. The van der Waals surface area contributed by atoms with E-state index in [9.17, 15) is 4.79 Å². The molecule has 20 heavy (non-hydrogen) atoms. The van der Waals surface area contributed by atoms with E-state index in [1.165, 1.54) is 0 Å². The molecule has 1 aromatic carbocycles. The number of nitrogens with one attached hydrogen (secondary N) is 1. The molecule has 0 atom stereocenters. The minimum atomic E-state index is 0.0497. The van der Waals surface area contributed by atoms with Crippen molar-refractivity contribution in [1.29, 1.82) is 0 Å². The van der Waals surface area contributed by atoms with E-state index in [1.807, 2.05) is 35.2 Å². The molecule has 1 aromatic heterocycles. The first kappa shape index (κ1) is 13.1. The molecule has 1 saturated heterocycles. The fourth-order valence-corrected chi connectivity index (χ4v) is 2.32. The number of amides is 1. The first-order valence-electron chi connectivity index (χ1n) is 6.41. The molecule has 1 amide bonds. The lowest BCUT2D eigenvalue weighted by atomic mass is 10.1. The van der Waals surface area contributed by atoms with Crippen LogP contribution in [-0.4, -0.2) is 35.6 Å². The Kier molecular flexibility index (Phi) is 3.71. The van der Waals surface area contributed by atoms with Crippen LogP contribution in [0.25, 0.3) is 11.3 Å². The number of benzene rings is 1. The molecule has 104 valence electrons. The number of aromatic nitrogens is 1. The molecule has 1 aliphatic rings. The second kappa shape index (κ2) is 5.64. The third kappa shape index (κ3) is 3.00. The summed E-state index contributed by atoms with van der Waals surface area (Å²) in [5.74, 6) is 0.804. The second-order valence-corrected chi connectivity index (χ2v) is 5.18. The summed E-state index contributed by atoms with van der Waals surface area (Å²) in [6, 6.07) is 9.34. The Labute approximate surface area is 121 Å². The van der Waals surface area contributed by atoms with E-state index in [1.54, 1.807) is 0 Å². The van der Waals surface area contributed by atoms with Crippen LogP contribution < -0.4 is 5.32 Å². The van der Waals surface area contributed by atoms with Crippen molar-refractivity contribution in [2.75, 3.05) is 19.6 Å². The molecule has 0 aliphatic carbocycles. The van der Waals surface area contributed by atoms with Gasteiger partial charge >= 0.3 is 0 Å². The number of carbonyl (C=O) groups excluding carboxylic acids is 1. The molecule has 0 unspecified atom stereocenters. The molecule has 0 spiro atoms. The number of rotatable bonds is 3. The maximum atomic E-state index is 11.3. The molecule has 3 rings (SSSR count). The van der Waals surface area contributed by atoms with Gasteiger partial charge < -0.3 is 9.84 Å². The molecular weight excluding hydrogens is 278 g/mol. The van der Waals surface area contributed by atoms with Crippen molar-refractivity contribution in [3.05, 3.63) is 41.1 Å². The summed E-state index contributed by atoms with van der Waals surface area (Å²) in [6.45, 7) is 2.49. The largest absolute Gasteiger partial charge is 0.359 e. The highest BCUT2D eigenvalue weighted by Gasteiger charge is 2.18. The summed E-state index contributed by atoms with van der Waals surface area (Å²) in [6.07, 6.45) is 0. The zero-order valence-electron chi connectivity index (χ0n) is 10.8. The smallest absolute Gasteiger partial charge is 0.234 e. The number of piperazine rings is 1. The first-order chi connectivity index (χ1) is 9.70. The molecule has 1 fully saturated rings. The minimum Gasteiger partial charge on any atom is -0.359 e. The van der Waals surface area contributed by atoms with E-state index in [2.05, 4.69) is 10.5 Å². The van der Waals surface area contributed by atoms with E-state index in [-0.39, 0.29) is 5.91 Å². The summed E-state index contributed by atoms with van der Waals surface area (Å²) in [4.78, 5) is 13.3. The number of carbonyl (C=O) groups is 1. The normalized spacial score (nSPS) is 16.1. The summed E-state index contributed by atoms with van der Waals surface area (Å²) < 4.78 is 5.33. The standard InChI is InChI=1S/C14H14ClN3O2/c15-11-3-1-10(2-4-11)13-7-12(20-17-13)8-18-6-5-16-14(19)9-18/h1-4,7H,5-6,8-9H2,(H,16,19). The van der Waals surface area contributed by atoms with Crippen LogP contribution in [0.3, 0.4) is 0 Å². The van der Waals surface area contributed by atoms with Crippen LogP contribution in [0, 0.1) is 0 Å². The molecule has 0 saturated carbocycles. The van der Waals surface area contributed by atoms with Crippen molar-refractivity contribution in [1.82, 2.24) is 15.4 Å². The molecule has 1 aliphatic heterocycles. The van der Waals surface area contributed by atoms with Gasteiger partial charge in [0.25, 0.3) is 0 Å². The van der Waals surface area contributed by atoms with Crippen LogP contribution in [-0.2, 0) is 11.3 Å². The Hall–Kier alpha value is -1.85. The van der Waals surface area contributed by atoms with Gasteiger partial charge in [-0.05, 0) is 12.1 Å². The monoisotopic (exact) mass is 291 g/mol. The van der Waals surface area contributed by atoms with Crippen molar-refractivity contribution >= 4 is 17.5 Å². The predicted molar refractivity (Wildman–Crippen MR) is 75.2 cm³/mol. The van der Waals surface area contributed by atoms with Crippen molar-refractivity contribution < 1.29 is 9.32 Å². The number of halogens is 1. The minimum absolute atomic E-state index is 0.0497. The van der Waals surface area contributed by atoms with Gasteiger partial charge in [0.1, 0.15) is 5.69 Å². The van der Waals surface area contributed by atoms with E-state index >= 15 is 0 Å². The van der Waals surface area contributed by atoms with Crippen LogP contribution >= 0.6 is 11.6 Å². The Morgan fingerprint density at radius 3 is 2.90 bits per heavy atom. The van der Waals surface area contributed by atoms with E-state index in [4.69, 9.17) is 16.1 Å². The zero-order chi connectivity index (χ0) is 13.9. The van der Waals surface area contributed by atoms with Gasteiger partial charge in [-0.2, -0.15) is 0 Å². The van der Waals surface area contributed by atoms with E-state index < -0.39 is 0 Å². The Morgan fingerprint density at radius 1 is 1.35 bits per heavy atom. The second-order valence-electron chi connectivity index (χ2n) is 4.75. The number of hydrogen-bond donors (Lipinski definition) is 1. The van der Waals surface area contributed by atoms with E-state index in [0.717, 1.165) is 23.6 Å². The Balaban J connectivity index is 1.70. The van der Waals surface area contributed by atoms with Gasteiger partial charge in [0.2, 0.25) is 5.91 Å². The molecule has 0 bridgehead atoms. The average Bonchev–Trinajstić information content (AvgIpc) is 2.88. The summed E-state index contributed by atoms with van der Waals surface area (Å²) >= 11 is 5.86. The van der Waals surface area contributed by atoms with Crippen LogP contribution in [0.15, 0.2) is 34.9 Å². The van der Waals surface area contributed by atoms with Crippen molar-refractivity contribution in [2.45, 2.75) is 6.54 Å². The zero-order valence-corrected chi connectivity index (χ0v) is 11.6. The lowest BCUT2D eigenvalue weighted by Gasteiger charge is -2.24. The van der Waals surface area contributed by atoms with Gasteiger partial charge in [-0.1, -0.05) is 28.9 Å². The molecule has 5 nitrogen and oxygen atoms in total. The third-order valence-electron chi connectivity index (χ3n) is 3.20. The molecule has 0 radical (unpaired) electrons. The van der Waals surface area contributed by atoms with E-state index in [0.29, 0.717) is 24.7 Å². The lowest BCUT2D eigenvalue weighted by Crippen LogP contribution is -2.47. The molecule has 2 aromatic rings. The van der Waals surface area contributed by atoms with Crippen LogP contribution in [0.5, 0.6) is 0 Å². The molecule has 1 N–H and O–H groups in total. The number of hydrogen-bond acceptors (Lipinski definition) is 4. The SMILES string of the molecule is O=C1CN(Cc2cc(-c3ccc(Cl)cc3)no2)CCN1. The van der Waals surface area contributed by atoms with Crippen molar-refractivity contribution in [2.24, 2.45) is 0 Å². The summed E-state index contributed by atoms with van der Waals surface area (Å²) in [5.41, 5.74) is 1.74. The quantitative estimate of drug-likeness (QED) is 0.939. The highest BCUT2D eigenvalue weighted by molar-refractivity contribution is 6.30. The van der Waals surface area contributed by atoms with Crippen molar-refractivity contribution in [3.63, 3.8) is 0 Å². The molecular formula is C14H14ClN3O2. The predicted octanol–water partition coefficient (Wildman–Crippen LogP) is 1.93. The Bertz CT molecular complexity index is 609.